The Balaban J connectivity index is 0.881. The van der Waals surface area contributed by atoms with Crippen LogP contribution >= 0.6 is 0 Å². The molecule has 100 heavy (non-hydrogen) atoms. The molecule has 14 aromatic carbocycles. The summed E-state index contributed by atoms with van der Waals surface area (Å²) in [4.78, 5) is 5.11. The van der Waals surface area contributed by atoms with Gasteiger partial charge in [0.25, 0.3) is 0 Å². The molecule has 0 unspecified atom stereocenters. The van der Waals surface area contributed by atoms with Crippen molar-refractivity contribution in [1.29, 1.82) is 0 Å². The van der Waals surface area contributed by atoms with Crippen LogP contribution in [-0.2, 0) is 21.7 Å². The van der Waals surface area contributed by atoms with Gasteiger partial charge in [0.1, 0.15) is 0 Å². The molecule has 0 saturated heterocycles. The SMILES string of the molecule is CC1(C)c2ccccc2-c2ccc(N(c3ccc4c(c3)C(C)(C)c3ccccc3-4)c3ccc4c(-c5ccc(-c6ccccc6)cc5)c5cc(N(c6ccc7c(c6)C(C)(C)c6ccccc6-7)c6ccc7c(c6)C(C)(C)c6ccccc6-7)ccc5c(-c5ccc(C6=CC=CCC6)cc5)c4c3)cc21. The number of rotatable bonds is 10. The largest absolute Gasteiger partial charge is 0.310 e. The van der Waals surface area contributed by atoms with E-state index in [9.17, 15) is 0 Å². The van der Waals surface area contributed by atoms with Gasteiger partial charge in [-0.15, -0.1) is 0 Å². The fourth-order valence-electron chi connectivity index (χ4n) is 18.5. The van der Waals surface area contributed by atoms with E-state index in [4.69, 9.17) is 0 Å². The second-order valence-corrected chi connectivity index (χ2v) is 30.7. The number of hydrogen-bond acceptors (Lipinski definition) is 2. The molecule has 0 fully saturated rings. The maximum Gasteiger partial charge on any atom is 0.0468 e. The summed E-state index contributed by atoms with van der Waals surface area (Å²) in [6.07, 6.45) is 8.88. The Labute approximate surface area is 588 Å². The summed E-state index contributed by atoms with van der Waals surface area (Å²) in [5.74, 6) is 0. The molecule has 0 N–H and O–H groups in total. The molecule has 14 aromatic rings. The van der Waals surface area contributed by atoms with Gasteiger partial charge in [0.05, 0.1) is 0 Å². The third kappa shape index (κ3) is 8.95. The van der Waals surface area contributed by atoms with Gasteiger partial charge in [0, 0.05) is 55.8 Å². The number of allylic oxidation sites excluding steroid dienone is 4. The molecular formula is C98H78N2. The second kappa shape index (κ2) is 22.1. The highest BCUT2D eigenvalue weighted by molar-refractivity contribution is 6.23. The van der Waals surface area contributed by atoms with E-state index in [0.717, 1.165) is 52.5 Å². The highest BCUT2D eigenvalue weighted by atomic mass is 15.1. The van der Waals surface area contributed by atoms with Crippen LogP contribution in [0.2, 0.25) is 0 Å². The van der Waals surface area contributed by atoms with Crippen LogP contribution in [0.15, 0.2) is 303 Å². The fourth-order valence-corrected chi connectivity index (χ4v) is 18.5. The quantitative estimate of drug-likeness (QED) is 0.126. The van der Waals surface area contributed by atoms with Gasteiger partial charge >= 0.3 is 0 Å². The second-order valence-electron chi connectivity index (χ2n) is 30.7. The van der Waals surface area contributed by atoms with Gasteiger partial charge in [-0.2, -0.15) is 0 Å². The number of fused-ring (bicyclic) bond motifs is 14. The maximum atomic E-state index is 2.56. The van der Waals surface area contributed by atoms with Gasteiger partial charge in [-0.3, -0.25) is 0 Å². The Morgan fingerprint density at radius 2 is 0.530 bits per heavy atom. The molecule has 0 amide bonds. The Hall–Kier alpha value is -11.3. The predicted molar refractivity (Wildman–Crippen MR) is 424 cm³/mol. The standard InChI is InChI=1S/C98H78N2/c1-95(2)85-31-19-15-27-73(85)77-49-43-69(57-89(77)95)99(70-44-50-78-74-28-16-20-32-86(74)96(3,4)90(78)58-70)67-47-53-81-83(55-67)93(65-39-35-63(36-40-65)61-23-11-9-12-24-61)82-54-48-68(56-84(82)94(81)66-41-37-64(38-42-66)62-25-13-10-14-26-62)100(71-45-51-79-75-29-17-21-33-87(75)97(5,6)91(79)59-71)72-46-52-80-76-30-18-22-34-88(76)98(7,8)92(80)60-72/h9-13,15-25,27-60H,14,26H2,1-8H3. The van der Waals surface area contributed by atoms with Crippen LogP contribution in [0.25, 0.3) is 105 Å². The number of nitrogens with zero attached hydrogens (tertiary/aromatic N) is 2. The van der Waals surface area contributed by atoms with Crippen LogP contribution in [0.4, 0.5) is 34.1 Å². The van der Waals surface area contributed by atoms with Crippen LogP contribution < -0.4 is 9.80 Å². The molecule has 0 atom stereocenters. The smallest absolute Gasteiger partial charge is 0.0468 e. The summed E-state index contributed by atoms with van der Waals surface area (Å²) in [6, 6.07) is 110. The lowest BCUT2D eigenvalue weighted by Crippen LogP contribution is -2.18. The lowest BCUT2D eigenvalue weighted by atomic mass is 9.82. The number of anilines is 6. The Morgan fingerprint density at radius 1 is 0.240 bits per heavy atom. The minimum absolute atomic E-state index is 0.202. The average molecular weight is 1280 g/mol. The van der Waals surface area contributed by atoms with Crippen LogP contribution in [0, 0.1) is 0 Å². The summed E-state index contributed by atoms with van der Waals surface area (Å²) in [6.45, 7) is 19.2. The lowest BCUT2D eigenvalue weighted by Gasteiger charge is -2.31. The molecule has 0 radical (unpaired) electrons. The lowest BCUT2D eigenvalue weighted by molar-refractivity contribution is 0.659. The zero-order valence-electron chi connectivity index (χ0n) is 58.2. The molecule has 0 spiro atoms. The van der Waals surface area contributed by atoms with Crippen LogP contribution in [0.1, 0.15) is 118 Å². The minimum atomic E-state index is -0.203. The molecule has 5 aliphatic rings. The van der Waals surface area contributed by atoms with Crippen molar-refractivity contribution in [2.75, 3.05) is 9.80 Å². The molecule has 0 bridgehead atoms. The molecule has 2 nitrogen and oxygen atoms in total. The molecule has 0 aromatic heterocycles. The fraction of sp³-hybridized carbons (Fsp3) is 0.143. The maximum absolute atomic E-state index is 2.56. The van der Waals surface area contributed by atoms with E-state index in [-0.39, 0.29) is 21.7 Å². The topological polar surface area (TPSA) is 6.48 Å². The third-order valence-corrected chi connectivity index (χ3v) is 23.7. The van der Waals surface area contributed by atoms with Crippen molar-refractivity contribution in [3.05, 3.63) is 353 Å². The Kier molecular flexibility index (Phi) is 13.2. The third-order valence-electron chi connectivity index (χ3n) is 23.7. The molecule has 0 saturated carbocycles. The van der Waals surface area contributed by atoms with Crippen LogP contribution in [0.3, 0.4) is 0 Å². The summed E-state index contributed by atoms with van der Waals surface area (Å²) in [7, 11) is 0. The molecule has 2 heteroatoms. The summed E-state index contributed by atoms with van der Waals surface area (Å²) >= 11 is 0. The van der Waals surface area contributed by atoms with Crippen molar-refractivity contribution in [3.8, 4) is 77.9 Å². The van der Waals surface area contributed by atoms with E-state index in [1.807, 2.05) is 0 Å². The van der Waals surface area contributed by atoms with Gasteiger partial charge in [-0.05, 0) is 241 Å². The zero-order chi connectivity index (χ0) is 67.6. The first-order valence-electron chi connectivity index (χ1n) is 35.8. The zero-order valence-corrected chi connectivity index (χ0v) is 58.2. The molecule has 480 valence electrons. The predicted octanol–water partition coefficient (Wildman–Crippen LogP) is 26.9. The van der Waals surface area contributed by atoms with Crippen molar-refractivity contribution in [1.82, 2.24) is 0 Å². The Bertz CT molecular complexity index is 5620. The number of hydrogen-bond donors (Lipinski definition) is 0. The molecule has 19 rings (SSSR count). The van der Waals surface area contributed by atoms with Crippen LogP contribution in [0.5, 0.6) is 0 Å². The monoisotopic (exact) mass is 1280 g/mol. The van der Waals surface area contributed by atoms with E-state index in [1.165, 1.54) is 150 Å². The van der Waals surface area contributed by atoms with Gasteiger partial charge in [-0.1, -0.05) is 286 Å². The van der Waals surface area contributed by atoms with E-state index >= 15 is 0 Å². The molecule has 5 aliphatic carbocycles. The summed E-state index contributed by atoms with van der Waals surface area (Å²) in [5, 5.41) is 4.77. The summed E-state index contributed by atoms with van der Waals surface area (Å²) < 4.78 is 0. The minimum Gasteiger partial charge on any atom is -0.310 e. The molecule has 0 heterocycles. The first kappa shape index (κ1) is 59.9. The van der Waals surface area contributed by atoms with Crippen molar-refractivity contribution in [3.63, 3.8) is 0 Å². The summed E-state index contributed by atoms with van der Waals surface area (Å²) in [5.41, 5.74) is 37.1. The molecule has 0 aliphatic heterocycles. The molecular weight excluding hydrogens is 1210 g/mol. The highest BCUT2D eigenvalue weighted by Gasteiger charge is 2.41. The van der Waals surface area contributed by atoms with E-state index < -0.39 is 0 Å². The Morgan fingerprint density at radius 3 is 0.880 bits per heavy atom. The van der Waals surface area contributed by atoms with E-state index in [1.54, 1.807) is 0 Å². The van der Waals surface area contributed by atoms with E-state index in [0.29, 0.717) is 0 Å². The first-order chi connectivity index (χ1) is 48.6. The normalized spacial score (nSPS) is 15.5. The van der Waals surface area contributed by atoms with Crippen molar-refractivity contribution < 1.29 is 0 Å². The van der Waals surface area contributed by atoms with Gasteiger partial charge in [-0.25, -0.2) is 0 Å². The average Bonchev–Trinajstić information content (AvgIpc) is 0.947. The van der Waals surface area contributed by atoms with Gasteiger partial charge in [0.15, 0.2) is 0 Å². The highest BCUT2D eigenvalue weighted by Crippen LogP contribution is 2.58. The van der Waals surface area contributed by atoms with Gasteiger partial charge < -0.3 is 9.80 Å². The van der Waals surface area contributed by atoms with Crippen LogP contribution in [-0.4, -0.2) is 0 Å². The van der Waals surface area contributed by atoms with Crippen molar-refractivity contribution in [2.24, 2.45) is 0 Å². The first-order valence-corrected chi connectivity index (χ1v) is 35.8. The van der Waals surface area contributed by atoms with Gasteiger partial charge in [0.2, 0.25) is 0 Å². The number of benzene rings is 14. The van der Waals surface area contributed by atoms with E-state index in [2.05, 4.69) is 369 Å². The van der Waals surface area contributed by atoms with Crippen molar-refractivity contribution >= 4 is 61.2 Å². The van der Waals surface area contributed by atoms with Crippen molar-refractivity contribution in [2.45, 2.75) is 89.9 Å².